The van der Waals surface area contributed by atoms with Gasteiger partial charge in [-0.25, -0.2) is 13.2 Å². The molecule has 2 aromatic carbocycles. The third-order valence-electron chi connectivity index (χ3n) is 5.35. The van der Waals surface area contributed by atoms with Crippen LogP contribution in [-0.4, -0.2) is 52.9 Å². The van der Waals surface area contributed by atoms with Gasteiger partial charge in [0.15, 0.2) is 0 Å². The van der Waals surface area contributed by atoms with Crippen molar-refractivity contribution < 1.29 is 8.42 Å². The molecule has 1 aliphatic heterocycles. The molecule has 0 spiro atoms. The van der Waals surface area contributed by atoms with Crippen molar-refractivity contribution >= 4 is 21.1 Å². The Morgan fingerprint density at radius 1 is 0.966 bits per heavy atom. The average Bonchev–Trinajstić information content (AvgIpc) is 2.99. The van der Waals surface area contributed by atoms with Gasteiger partial charge in [-0.15, -0.1) is 0 Å². The lowest BCUT2D eigenvalue weighted by molar-refractivity contribution is 0.152. The number of aromatic nitrogens is 2. The van der Waals surface area contributed by atoms with Crippen LogP contribution in [0, 0.1) is 11.3 Å². The van der Waals surface area contributed by atoms with E-state index in [-0.39, 0.29) is 10.6 Å². The van der Waals surface area contributed by atoms with E-state index in [2.05, 4.69) is 4.90 Å². The van der Waals surface area contributed by atoms with Gasteiger partial charge in [0.2, 0.25) is 10.0 Å². The standard InChI is InChI=1S/C20H21N5O3S/c1-22-18-4-2-3-5-19(18)25(20(22)26)15-23-10-12-24(13-11-23)29(27,28)17-8-6-16(14-21)7-9-17/h2-9H,10-13,15H2,1H3. The van der Waals surface area contributed by atoms with Crippen molar-refractivity contribution in [1.82, 2.24) is 18.3 Å². The van der Waals surface area contributed by atoms with E-state index in [1.54, 1.807) is 16.2 Å². The highest BCUT2D eigenvalue weighted by Gasteiger charge is 2.29. The highest BCUT2D eigenvalue weighted by Crippen LogP contribution is 2.19. The maximum atomic E-state index is 12.9. The molecule has 0 saturated carbocycles. The van der Waals surface area contributed by atoms with Gasteiger partial charge >= 0.3 is 5.69 Å². The topological polar surface area (TPSA) is 91.3 Å². The smallest absolute Gasteiger partial charge is 0.295 e. The monoisotopic (exact) mass is 411 g/mol. The number of rotatable bonds is 4. The van der Waals surface area contributed by atoms with Crippen molar-refractivity contribution in [2.45, 2.75) is 11.6 Å². The first-order valence-corrected chi connectivity index (χ1v) is 10.7. The van der Waals surface area contributed by atoms with Gasteiger partial charge in [-0.2, -0.15) is 9.57 Å². The maximum absolute atomic E-state index is 12.9. The Morgan fingerprint density at radius 2 is 1.59 bits per heavy atom. The lowest BCUT2D eigenvalue weighted by Crippen LogP contribution is -2.49. The Labute approximate surface area is 168 Å². The first-order valence-electron chi connectivity index (χ1n) is 9.29. The van der Waals surface area contributed by atoms with Gasteiger partial charge in [-0.3, -0.25) is 14.0 Å². The lowest BCUT2D eigenvalue weighted by Gasteiger charge is -2.34. The van der Waals surface area contributed by atoms with Crippen LogP contribution in [0.25, 0.3) is 11.0 Å². The zero-order valence-corrected chi connectivity index (χ0v) is 16.8. The summed E-state index contributed by atoms with van der Waals surface area (Å²) >= 11 is 0. The number of fused-ring (bicyclic) bond motifs is 1. The number of piperazine rings is 1. The number of hydrogen-bond acceptors (Lipinski definition) is 5. The second-order valence-electron chi connectivity index (χ2n) is 7.06. The predicted octanol–water partition coefficient (Wildman–Crippen LogP) is 1.18. The largest absolute Gasteiger partial charge is 0.329 e. The van der Waals surface area contributed by atoms with Gasteiger partial charge in [-0.05, 0) is 36.4 Å². The Kier molecular flexibility index (Phi) is 5.00. The van der Waals surface area contributed by atoms with E-state index in [9.17, 15) is 13.2 Å². The molecule has 1 saturated heterocycles. The van der Waals surface area contributed by atoms with Crippen molar-refractivity contribution in [1.29, 1.82) is 5.26 Å². The van der Waals surface area contributed by atoms with E-state index in [0.29, 0.717) is 38.4 Å². The Morgan fingerprint density at radius 3 is 2.21 bits per heavy atom. The van der Waals surface area contributed by atoms with Crippen LogP contribution in [-0.2, 0) is 23.7 Å². The second kappa shape index (κ2) is 7.48. The zero-order valence-electron chi connectivity index (χ0n) is 16.0. The quantitative estimate of drug-likeness (QED) is 0.643. The molecule has 2 heterocycles. The summed E-state index contributed by atoms with van der Waals surface area (Å²) in [5.74, 6) is 0. The van der Waals surface area contributed by atoms with Crippen LogP contribution < -0.4 is 5.69 Å². The van der Waals surface area contributed by atoms with Gasteiger partial charge < -0.3 is 0 Å². The SMILES string of the molecule is Cn1c(=O)n(CN2CCN(S(=O)(=O)c3ccc(C#N)cc3)CC2)c2ccccc21. The molecule has 9 heteroatoms. The maximum Gasteiger partial charge on any atom is 0.329 e. The number of nitrogens with zero attached hydrogens (tertiary/aromatic N) is 5. The molecule has 0 atom stereocenters. The van der Waals surface area contributed by atoms with Crippen LogP contribution in [0.2, 0.25) is 0 Å². The number of para-hydroxylation sites is 2. The van der Waals surface area contributed by atoms with Crippen molar-refractivity contribution in [3.8, 4) is 6.07 Å². The van der Waals surface area contributed by atoms with Crippen molar-refractivity contribution in [2.75, 3.05) is 26.2 Å². The molecule has 1 fully saturated rings. The summed E-state index contributed by atoms with van der Waals surface area (Å²) in [4.78, 5) is 14.9. The van der Waals surface area contributed by atoms with Gasteiger partial charge in [0.25, 0.3) is 0 Å². The molecule has 150 valence electrons. The summed E-state index contributed by atoms with van der Waals surface area (Å²) in [5, 5.41) is 8.88. The minimum atomic E-state index is -3.60. The van der Waals surface area contributed by atoms with Crippen LogP contribution in [0.5, 0.6) is 0 Å². The summed E-state index contributed by atoms with van der Waals surface area (Å²) in [7, 11) is -1.84. The van der Waals surface area contributed by atoms with Gasteiger partial charge in [0, 0.05) is 33.2 Å². The minimum Gasteiger partial charge on any atom is -0.295 e. The van der Waals surface area contributed by atoms with Gasteiger partial charge in [-0.1, -0.05) is 12.1 Å². The minimum absolute atomic E-state index is 0.0844. The van der Waals surface area contributed by atoms with Crippen LogP contribution in [0.4, 0.5) is 0 Å². The number of aryl methyl sites for hydroxylation is 1. The van der Waals surface area contributed by atoms with Crippen molar-refractivity contribution in [3.63, 3.8) is 0 Å². The first-order chi connectivity index (χ1) is 13.9. The zero-order chi connectivity index (χ0) is 20.6. The van der Waals surface area contributed by atoms with Crippen LogP contribution in [0.3, 0.4) is 0 Å². The molecular formula is C20H21N5O3S. The molecule has 0 unspecified atom stereocenters. The molecule has 1 aliphatic rings. The third kappa shape index (κ3) is 3.46. The first kappa shape index (κ1) is 19.4. The van der Waals surface area contributed by atoms with Crippen molar-refractivity contribution in [3.05, 3.63) is 64.6 Å². The van der Waals surface area contributed by atoms with Crippen LogP contribution in [0.1, 0.15) is 5.56 Å². The molecular weight excluding hydrogens is 390 g/mol. The van der Waals surface area contributed by atoms with E-state index in [4.69, 9.17) is 5.26 Å². The van der Waals surface area contributed by atoms with E-state index >= 15 is 0 Å². The fraction of sp³-hybridized carbons (Fsp3) is 0.300. The second-order valence-corrected chi connectivity index (χ2v) is 9.00. The van der Waals surface area contributed by atoms with E-state index in [0.717, 1.165) is 11.0 Å². The third-order valence-corrected chi connectivity index (χ3v) is 7.26. The molecule has 0 aliphatic carbocycles. The fourth-order valence-corrected chi connectivity index (χ4v) is 5.08. The molecule has 1 aromatic heterocycles. The van der Waals surface area contributed by atoms with Crippen LogP contribution in [0.15, 0.2) is 58.2 Å². The number of nitriles is 1. The molecule has 4 rings (SSSR count). The fourth-order valence-electron chi connectivity index (χ4n) is 3.66. The lowest BCUT2D eigenvalue weighted by atomic mass is 10.2. The summed E-state index contributed by atoms with van der Waals surface area (Å²) in [6.45, 7) is 2.19. The molecule has 0 amide bonds. The van der Waals surface area contributed by atoms with Crippen molar-refractivity contribution in [2.24, 2.45) is 7.05 Å². The summed E-state index contributed by atoms with van der Waals surface area (Å²) in [6.07, 6.45) is 0. The molecule has 0 radical (unpaired) electrons. The number of sulfonamides is 1. The predicted molar refractivity (Wildman–Crippen MR) is 109 cm³/mol. The molecule has 0 N–H and O–H groups in total. The van der Waals surface area contributed by atoms with E-state index in [1.165, 1.54) is 28.6 Å². The normalized spacial score (nSPS) is 16.1. The molecule has 8 nitrogen and oxygen atoms in total. The Balaban J connectivity index is 1.48. The van der Waals surface area contributed by atoms with Crippen LogP contribution >= 0.6 is 0 Å². The average molecular weight is 411 g/mol. The van der Waals surface area contributed by atoms with Gasteiger partial charge in [0.1, 0.15) is 0 Å². The number of imidazole rings is 1. The van der Waals surface area contributed by atoms with Gasteiger partial charge in [0.05, 0.1) is 34.2 Å². The summed E-state index contributed by atoms with van der Waals surface area (Å²) in [6, 6.07) is 15.6. The Bertz CT molecular complexity index is 1240. The molecule has 3 aromatic rings. The molecule has 0 bridgehead atoms. The highest BCUT2D eigenvalue weighted by molar-refractivity contribution is 7.89. The Hall–Kier alpha value is -2.93. The molecule has 29 heavy (non-hydrogen) atoms. The number of hydrogen-bond donors (Lipinski definition) is 0. The van der Waals surface area contributed by atoms with E-state index < -0.39 is 10.0 Å². The number of benzene rings is 2. The summed E-state index contributed by atoms with van der Waals surface area (Å²) in [5.41, 5.74) is 2.08. The van der Waals surface area contributed by atoms with E-state index in [1.807, 2.05) is 30.3 Å². The highest BCUT2D eigenvalue weighted by atomic mass is 32.2. The summed E-state index contributed by atoms with van der Waals surface area (Å²) < 4.78 is 30.5.